The molecule has 0 bridgehead atoms. The fourth-order valence-corrected chi connectivity index (χ4v) is 2.52. The molecule has 0 saturated heterocycles. The lowest BCUT2D eigenvalue weighted by Crippen LogP contribution is -1.98. The van der Waals surface area contributed by atoms with E-state index >= 15 is 0 Å². The molecule has 0 amide bonds. The van der Waals surface area contributed by atoms with Crippen molar-refractivity contribution in [3.8, 4) is 23.2 Å². The van der Waals surface area contributed by atoms with Gasteiger partial charge in [0.15, 0.2) is 11.6 Å². The van der Waals surface area contributed by atoms with Gasteiger partial charge in [-0.25, -0.2) is 0 Å². The number of allylic oxidation sites excluding steroid dienone is 1. The second-order valence-electron chi connectivity index (χ2n) is 5.15. The molecule has 24 heavy (non-hydrogen) atoms. The number of hydrogen-bond donors (Lipinski definition) is 1. The van der Waals surface area contributed by atoms with Gasteiger partial charge in [-0.05, 0) is 23.8 Å². The molecule has 6 heteroatoms. The normalized spacial score (nSPS) is 11.3. The summed E-state index contributed by atoms with van der Waals surface area (Å²) in [7, 11) is 1.81. The first-order chi connectivity index (χ1) is 11.6. The first-order valence-corrected chi connectivity index (χ1v) is 7.53. The van der Waals surface area contributed by atoms with Crippen LogP contribution in [-0.2, 0) is 7.05 Å². The molecule has 1 aromatic heterocycles. The van der Waals surface area contributed by atoms with Crippen LogP contribution in [0.15, 0.2) is 48.5 Å². The van der Waals surface area contributed by atoms with Crippen molar-refractivity contribution in [1.29, 1.82) is 5.26 Å². The molecule has 3 aromatic rings. The number of nitriles is 1. The summed E-state index contributed by atoms with van der Waals surface area (Å²) in [5, 5.41) is 27.5. The van der Waals surface area contributed by atoms with Crippen LogP contribution in [0.25, 0.3) is 23.0 Å². The topological polar surface area (TPSA) is 74.7 Å². The number of phenolic OH excluding ortho intramolecular Hbond substituents is 1. The molecule has 5 nitrogen and oxygen atoms in total. The van der Waals surface area contributed by atoms with Crippen molar-refractivity contribution in [2.45, 2.75) is 0 Å². The van der Waals surface area contributed by atoms with Crippen molar-refractivity contribution >= 4 is 23.3 Å². The van der Waals surface area contributed by atoms with Crippen molar-refractivity contribution in [2.75, 3.05) is 0 Å². The van der Waals surface area contributed by atoms with Crippen LogP contribution < -0.4 is 0 Å². The van der Waals surface area contributed by atoms with Crippen LogP contribution in [0.4, 0.5) is 0 Å². The molecule has 3 rings (SSSR count). The van der Waals surface area contributed by atoms with Gasteiger partial charge in [-0.15, -0.1) is 10.2 Å². The summed E-state index contributed by atoms with van der Waals surface area (Å²) in [6.07, 6.45) is 1.66. The van der Waals surface area contributed by atoms with E-state index in [1.807, 2.05) is 37.4 Å². The maximum absolute atomic E-state index is 9.49. The Kier molecular flexibility index (Phi) is 4.32. The van der Waals surface area contributed by atoms with E-state index < -0.39 is 0 Å². The maximum Gasteiger partial charge on any atom is 0.174 e. The number of aromatic nitrogens is 3. The molecule has 0 saturated carbocycles. The molecule has 1 N–H and O–H groups in total. The van der Waals surface area contributed by atoms with Crippen molar-refractivity contribution in [2.24, 2.45) is 7.05 Å². The monoisotopic (exact) mass is 336 g/mol. The number of hydrogen-bond acceptors (Lipinski definition) is 4. The smallest absolute Gasteiger partial charge is 0.174 e. The lowest BCUT2D eigenvalue weighted by molar-refractivity contribution is 0.475. The largest absolute Gasteiger partial charge is 0.506 e. The Morgan fingerprint density at radius 2 is 1.96 bits per heavy atom. The highest BCUT2D eigenvalue weighted by atomic mass is 35.5. The quantitative estimate of drug-likeness (QED) is 0.736. The van der Waals surface area contributed by atoms with Crippen LogP contribution in [0.2, 0.25) is 5.02 Å². The van der Waals surface area contributed by atoms with Crippen molar-refractivity contribution in [3.63, 3.8) is 0 Å². The Morgan fingerprint density at radius 1 is 1.21 bits per heavy atom. The van der Waals surface area contributed by atoms with Gasteiger partial charge in [0.1, 0.15) is 11.8 Å². The number of aromatic hydroxyl groups is 1. The summed E-state index contributed by atoms with van der Waals surface area (Å²) in [5.41, 5.74) is 1.97. The van der Waals surface area contributed by atoms with E-state index in [0.717, 1.165) is 5.56 Å². The molecule has 1 heterocycles. The van der Waals surface area contributed by atoms with Crippen LogP contribution in [0.5, 0.6) is 5.75 Å². The molecule has 118 valence electrons. The number of halogens is 1. The number of rotatable bonds is 3. The van der Waals surface area contributed by atoms with Crippen LogP contribution >= 0.6 is 11.6 Å². The zero-order valence-corrected chi connectivity index (χ0v) is 13.6. The van der Waals surface area contributed by atoms with Gasteiger partial charge < -0.3 is 9.67 Å². The van der Waals surface area contributed by atoms with Gasteiger partial charge in [0, 0.05) is 12.6 Å². The van der Waals surface area contributed by atoms with Crippen molar-refractivity contribution < 1.29 is 5.11 Å². The Balaban J connectivity index is 2.03. The first kappa shape index (κ1) is 15.8. The lowest BCUT2D eigenvalue weighted by atomic mass is 10.1. The number of benzene rings is 2. The fraction of sp³-hybridized carbons (Fsp3) is 0.0556. The standard InChI is InChI=1S/C18H13ClN4O/c1-23-17(13-5-3-2-4-6-13)21-22-18(23)14(11-20)9-12-7-8-16(24)15(19)10-12/h2-10,24H,1H3/b14-9+. The van der Waals surface area contributed by atoms with Gasteiger partial charge in [0.25, 0.3) is 0 Å². The van der Waals surface area contributed by atoms with E-state index in [0.29, 0.717) is 22.8 Å². The summed E-state index contributed by atoms with van der Waals surface area (Å²) < 4.78 is 1.77. The van der Waals surface area contributed by atoms with Crippen molar-refractivity contribution in [3.05, 3.63) is 64.9 Å². The first-order valence-electron chi connectivity index (χ1n) is 7.15. The summed E-state index contributed by atoms with van der Waals surface area (Å²) in [4.78, 5) is 0. The molecule has 0 aliphatic rings. The zero-order valence-electron chi connectivity index (χ0n) is 12.8. The summed E-state index contributed by atoms with van der Waals surface area (Å²) in [6, 6.07) is 16.5. The average Bonchev–Trinajstić information content (AvgIpc) is 2.98. The molecule has 0 aliphatic carbocycles. The van der Waals surface area contributed by atoms with Crippen LogP contribution in [-0.4, -0.2) is 19.9 Å². The Bertz CT molecular complexity index is 955. The minimum atomic E-state index is -0.00246. The van der Waals surface area contributed by atoms with Gasteiger partial charge in [-0.3, -0.25) is 0 Å². The third kappa shape index (κ3) is 3.00. The second-order valence-corrected chi connectivity index (χ2v) is 5.56. The lowest BCUT2D eigenvalue weighted by Gasteiger charge is -2.04. The summed E-state index contributed by atoms with van der Waals surface area (Å²) in [5.74, 6) is 1.13. The minimum absolute atomic E-state index is 0.00246. The van der Waals surface area contributed by atoms with Gasteiger partial charge in [-0.1, -0.05) is 48.0 Å². The van der Waals surface area contributed by atoms with Crippen LogP contribution in [0.1, 0.15) is 11.4 Å². The maximum atomic E-state index is 9.49. The van der Waals surface area contributed by atoms with Gasteiger partial charge in [0.05, 0.1) is 10.6 Å². The van der Waals surface area contributed by atoms with E-state index in [-0.39, 0.29) is 10.8 Å². The highest BCUT2D eigenvalue weighted by Crippen LogP contribution is 2.26. The number of phenols is 1. The predicted octanol–water partition coefficient (Wildman–Crippen LogP) is 3.91. The van der Waals surface area contributed by atoms with E-state index in [2.05, 4.69) is 16.3 Å². The highest BCUT2D eigenvalue weighted by Gasteiger charge is 2.14. The molecule has 0 aliphatic heterocycles. The molecule has 0 unspecified atom stereocenters. The molecule has 0 radical (unpaired) electrons. The predicted molar refractivity (Wildman–Crippen MR) is 93.0 cm³/mol. The number of nitrogens with zero attached hydrogens (tertiary/aromatic N) is 4. The molecular weight excluding hydrogens is 324 g/mol. The SMILES string of the molecule is Cn1c(/C(C#N)=C/c2ccc(O)c(Cl)c2)nnc1-c1ccccc1. The Labute approximate surface area is 144 Å². The molecule has 2 aromatic carbocycles. The van der Waals surface area contributed by atoms with Crippen LogP contribution in [0.3, 0.4) is 0 Å². The third-order valence-electron chi connectivity index (χ3n) is 3.55. The van der Waals surface area contributed by atoms with E-state index in [4.69, 9.17) is 11.6 Å². The molecule has 0 atom stereocenters. The highest BCUT2D eigenvalue weighted by molar-refractivity contribution is 6.32. The zero-order chi connectivity index (χ0) is 17.1. The van der Waals surface area contributed by atoms with E-state index in [1.165, 1.54) is 6.07 Å². The minimum Gasteiger partial charge on any atom is -0.506 e. The molecular formula is C18H13ClN4O. The third-order valence-corrected chi connectivity index (χ3v) is 3.85. The van der Waals surface area contributed by atoms with Crippen LogP contribution in [0, 0.1) is 11.3 Å². The summed E-state index contributed by atoms with van der Waals surface area (Å²) >= 11 is 5.91. The molecule has 0 fully saturated rings. The fourth-order valence-electron chi connectivity index (χ4n) is 2.33. The van der Waals surface area contributed by atoms with Gasteiger partial charge in [0.2, 0.25) is 0 Å². The Hall–Kier alpha value is -3.10. The van der Waals surface area contributed by atoms with Gasteiger partial charge >= 0.3 is 0 Å². The van der Waals surface area contributed by atoms with E-state index in [1.54, 1.807) is 22.8 Å². The van der Waals surface area contributed by atoms with Crippen molar-refractivity contribution in [1.82, 2.24) is 14.8 Å². The van der Waals surface area contributed by atoms with Gasteiger partial charge in [-0.2, -0.15) is 5.26 Å². The second kappa shape index (κ2) is 6.57. The summed E-state index contributed by atoms with van der Waals surface area (Å²) in [6.45, 7) is 0. The average molecular weight is 337 g/mol. The van der Waals surface area contributed by atoms with E-state index in [9.17, 15) is 10.4 Å². The molecule has 0 spiro atoms. The Morgan fingerprint density at radius 3 is 2.62 bits per heavy atom.